The molecular formula is C22H35N5O2. The third kappa shape index (κ3) is 6.21. The minimum Gasteiger partial charge on any atom is -0.355 e. The van der Waals surface area contributed by atoms with Crippen LogP contribution in [0.3, 0.4) is 0 Å². The second-order valence-electron chi connectivity index (χ2n) is 8.31. The van der Waals surface area contributed by atoms with Crippen LogP contribution < -0.4 is 16.0 Å². The number of hydrogen-bond acceptors (Lipinski definition) is 3. The van der Waals surface area contributed by atoms with Gasteiger partial charge >= 0.3 is 0 Å². The molecule has 0 saturated heterocycles. The number of benzene rings is 1. The van der Waals surface area contributed by atoms with Gasteiger partial charge in [0.15, 0.2) is 5.96 Å². The summed E-state index contributed by atoms with van der Waals surface area (Å²) in [4.78, 5) is 30.5. The van der Waals surface area contributed by atoms with Gasteiger partial charge in [-0.25, -0.2) is 0 Å². The Morgan fingerprint density at radius 1 is 1.10 bits per heavy atom. The van der Waals surface area contributed by atoms with E-state index in [2.05, 4.69) is 20.9 Å². The summed E-state index contributed by atoms with van der Waals surface area (Å²) in [5.41, 5.74) is 1.54. The number of guanidine groups is 1. The van der Waals surface area contributed by atoms with Crippen LogP contribution in [0, 0.1) is 11.3 Å². The molecule has 1 fully saturated rings. The molecule has 0 bridgehead atoms. The van der Waals surface area contributed by atoms with Crippen molar-refractivity contribution in [1.82, 2.24) is 15.5 Å². The van der Waals surface area contributed by atoms with E-state index in [0.717, 1.165) is 36.9 Å². The summed E-state index contributed by atoms with van der Waals surface area (Å²) >= 11 is 0. The van der Waals surface area contributed by atoms with E-state index >= 15 is 0 Å². The largest absolute Gasteiger partial charge is 0.355 e. The summed E-state index contributed by atoms with van der Waals surface area (Å²) in [6, 6.07) is 7.75. The van der Waals surface area contributed by atoms with E-state index in [-0.39, 0.29) is 23.1 Å². The number of aliphatic imine (C=N–C) groups is 1. The Bertz CT molecular complexity index is 719. The number of carbonyl (C=O) groups is 2. The summed E-state index contributed by atoms with van der Waals surface area (Å²) in [6.45, 7) is 4.93. The van der Waals surface area contributed by atoms with E-state index in [0.29, 0.717) is 19.0 Å². The van der Waals surface area contributed by atoms with Gasteiger partial charge in [0.25, 0.3) is 0 Å². The van der Waals surface area contributed by atoms with Crippen LogP contribution in [-0.2, 0) is 16.1 Å². The molecule has 0 atom stereocenters. The summed E-state index contributed by atoms with van der Waals surface area (Å²) in [7, 11) is 5.38. The van der Waals surface area contributed by atoms with Gasteiger partial charge in [0.2, 0.25) is 11.8 Å². The average Bonchev–Trinajstić information content (AvgIpc) is 3.18. The number of nitrogens with one attached hydrogen (secondary N) is 3. The Balaban J connectivity index is 1.89. The fraction of sp³-hybridized carbons (Fsp3) is 0.591. The van der Waals surface area contributed by atoms with Crippen LogP contribution in [0.2, 0.25) is 0 Å². The zero-order valence-corrected chi connectivity index (χ0v) is 18.3. The maximum Gasteiger partial charge on any atom is 0.230 e. The molecule has 1 saturated carbocycles. The first-order valence-electron chi connectivity index (χ1n) is 10.3. The second kappa shape index (κ2) is 10.3. The lowest BCUT2D eigenvalue weighted by Crippen LogP contribution is -2.49. The van der Waals surface area contributed by atoms with Crippen LogP contribution in [0.1, 0.15) is 45.1 Å². The van der Waals surface area contributed by atoms with Crippen molar-refractivity contribution in [3.8, 4) is 0 Å². The highest BCUT2D eigenvalue weighted by molar-refractivity contribution is 5.92. The smallest absolute Gasteiger partial charge is 0.230 e. The Morgan fingerprint density at radius 2 is 1.72 bits per heavy atom. The minimum absolute atomic E-state index is 0.00795. The van der Waals surface area contributed by atoms with Crippen molar-refractivity contribution in [3.63, 3.8) is 0 Å². The molecular weight excluding hydrogens is 366 g/mol. The maximum atomic E-state index is 12.7. The number of rotatable bonds is 7. The Kier molecular flexibility index (Phi) is 8.05. The van der Waals surface area contributed by atoms with E-state index in [9.17, 15) is 9.59 Å². The van der Waals surface area contributed by atoms with Crippen molar-refractivity contribution in [1.29, 1.82) is 0 Å². The van der Waals surface area contributed by atoms with Crippen molar-refractivity contribution < 1.29 is 9.59 Å². The molecule has 0 unspecified atom stereocenters. The first kappa shape index (κ1) is 22.7. The molecule has 0 aliphatic heterocycles. The van der Waals surface area contributed by atoms with E-state index < -0.39 is 0 Å². The molecule has 3 N–H and O–H groups in total. The van der Waals surface area contributed by atoms with Crippen molar-refractivity contribution in [2.75, 3.05) is 33.0 Å². The predicted octanol–water partition coefficient (Wildman–Crippen LogP) is 2.59. The van der Waals surface area contributed by atoms with Gasteiger partial charge in [-0.05, 0) is 30.5 Å². The summed E-state index contributed by atoms with van der Waals surface area (Å²) in [5, 5.41) is 9.53. The van der Waals surface area contributed by atoms with Crippen LogP contribution in [0.15, 0.2) is 29.3 Å². The van der Waals surface area contributed by atoms with Crippen LogP contribution >= 0.6 is 0 Å². The molecule has 2 amide bonds. The van der Waals surface area contributed by atoms with E-state index in [1.807, 2.05) is 52.2 Å². The van der Waals surface area contributed by atoms with Crippen LogP contribution in [-0.4, -0.2) is 50.4 Å². The van der Waals surface area contributed by atoms with Gasteiger partial charge in [-0.3, -0.25) is 14.6 Å². The molecule has 1 aliphatic carbocycles. The summed E-state index contributed by atoms with van der Waals surface area (Å²) in [6.07, 6.45) is 4.01. The molecule has 0 radical (unpaired) electrons. The number of carbonyl (C=O) groups excluding carboxylic acids is 2. The van der Waals surface area contributed by atoms with Crippen molar-refractivity contribution in [2.45, 2.75) is 46.1 Å². The maximum absolute atomic E-state index is 12.7. The second-order valence-corrected chi connectivity index (χ2v) is 8.31. The van der Waals surface area contributed by atoms with Gasteiger partial charge in [0, 0.05) is 45.8 Å². The predicted molar refractivity (Wildman–Crippen MR) is 118 cm³/mol. The lowest BCUT2D eigenvalue weighted by atomic mass is 9.84. The quantitative estimate of drug-likeness (QED) is 0.484. The van der Waals surface area contributed by atoms with Crippen LogP contribution in [0.25, 0.3) is 0 Å². The number of anilines is 1. The van der Waals surface area contributed by atoms with Gasteiger partial charge in [-0.15, -0.1) is 0 Å². The van der Waals surface area contributed by atoms with Crippen molar-refractivity contribution in [2.24, 2.45) is 16.3 Å². The van der Waals surface area contributed by atoms with Crippen molar-refractivity contribution >= 4 is 23.5 Å². The molecule has 7 heteroatoms. The molecule has 2 rings (SSSR count). The Morgan fingerprint density at radius 3 is 2.24 bits per heavy atom. The molecule has 1 aliphatic rings. The van der Waals surface area contributed by atoms with Gasteiger partial charge in [-0.1, -0.05) is 38.8 Å². The van der Waals surface area contributed by atoms with Crippen LogP contribution in [0.5, 0.6) is 0 Å². The lowest BCUT2D eigenvalue weighted by molar-refractivity contribution is -0.138. The van der Waals surface area contributed by atoms with Gasteiger partial charge in [0.05, 0.1) is 5.41 Å². The molecule has 1 aromatic carbocycles. The molecule has 1 aromatic rings. The van der Waals surface area contributed by atoms with E-state index in [1.165, 1.54) is 0 Å². The fourth-order valence-corrected chi connectivity index (χ4v) is 3.64. The normalized spacial score (nSPS) is 15.9. The Hall–Kier alpha value is -2.57. The van der Waals surface area contributed by atoms with Gasteiger partial charge in [-0.2, -0.15) is 0 Å². The fourth-order valence-electron chi connectivity index (χ4n) is 3.64. The zero-order chi connectivity index (χ0) is 21.4. The molecule has 160 valence electrons. The molecule has 7 nitrogen and oxygen atoms in total. The Labute approximate surface area is 174 Å². The highest BCUT2D eigenvalue weighted by atomic mass is 16.2. The van der Waals surface area contributed by atoms with Crippen molar-refractivity contribution in [3.05, 3.63) is 29.8 Å². The van der Waals surface area contributed by atoms with E-state index in [1.54, 1.807) is 11.9 Å². The molecule has 0 aromatic heterocycles. The van der Waals surface area contributed by atoms with Gasteiger partial charge in [0.1, 0.15) is 0 Å². The molecule has 0 heterocycles. The molecule has 29 heavy (non-hydrogen) atoms. The monoisotopic (exact) mass is 401 g/mol. The minimum atomic E-state index is -0.336. The highest BCUT2D eigenvalue weighted by Gasteiger charge is 2.42. The standard InChI is InChI=1S/C22H35N5O2/c1-16(2)19(28)26-18-10-8-17(9-11-18)14-24-21(23-3)25-15-22(12-6-7-13-22)20(29)27(4)5/h8-11,16H,6-7,12-15H2,1-5H3,(H,26,28)(H2,23,24,25). The first-order valence-corrected chi connectivity index (χ1v) is 10.3. The average molecular weight is 402 g/mol. The van der Waals surface area contributed by atoms with Gasteiger partial charge < -0.3 is 20.9 Å². The SMILES string of the molecule is CN=C(NCc1ccc(NC(=O)C(C)C)cc1)NCC1(C(=O)N(C)C)CCCC1. The topological polar surface area (TPSA) is 85.8 Å². The number of amides is 2. The number of nitrogens with zero attached hydrogens (tertiary/aromatic N) is 2. The third-order valence-electron chi connectivity index (χ3n) is 5.44. The summed E-state index contributed by atoms with van der Waals surface area (Å²) in [5.74, 6) is 0.832. The van der Waals surface area contributed by atoms with E-state index in [4.69, 9.17) is 0 Å². The first-order chi connectivity index (χ1) is 13.8. The summed E-state index contributed by atoms with van der Waals surface area (Å²) < 4.78 is 0. The highest BCUT2D eigenvalue weighted by Crippen LogP contribution is 2.38. The third-order valence-corrected chi connectivity index (χ3v) is 5.44. The zero-order valence-electron chi connectivity index (χ0n) is 18.3. The lowest BCUT2D eigenvalue weighted by Gasteiger charge is -2.31. The van der Waals surface area contributed by atoms with Crippen LogP contribution in [0.4, 0.5) is 5.69 Å². The molecule has 0 spiro atoms. The number of hydrogen-bond donors (Lipinski definition) is 3.